The Kier molecular flexibility index (Phi) is 1.99. The smallest absolute Gasteiger partial charge is 0.412 e. The van der Waals surface area contributed by atoms with Crippen molar-refractivity contribution in [1.82, 2.24) is 4.90 Å². The lowest BCUT2D eigenvalue weighted by Gasteiger charge is -2.07. The molecule has 54 valence electrons. The molecule has 1 aliphatic heterocycles. The zero-order chi connectivity index (χ0) is 7.56. The molecule has 5 heteroatoms. The van der Waals surface area contributed by atoms with Crippen LogP contribution in [-0.2, 0) is 4.79 Å². The largest absolute Gasteiger partial charge is 0.465 e. The van der Waals surface area contributed by atoms with Gasteiger partial charge in [0.1, 0.15) is 0 Å². The van der Waals surface area contributed by atoms with E-state index in [-0.39, 0.29) is 5.03 Å². The van der Waals surface area contributed by atoms with Crippen molar-refractivity contribution in [3.8, 4) is 0 Å². The van der Waals surface area contributed by atoms with Crippen molar-refractivity contribution in [3.05, 3.63) is 5.03 Å². The summed E-state index contributed by atoms with van der Waals surface area (Å²) >= 11 is 1.22. The Hall–Kier alpha value is -0.930. The number of carboxylic acid groups (broad SMARTS) is 1. The molecular weight excluding hydrogens is 154 g/mol. The van der Waals surface area contributed by atoms with Gasteiger partial charge in [-0.25, -0.2) is 9.59 Å². The number of hydrogen-bond donors (Lipinski definition) is 1. The lowest BCUT2D eigenvalue weighted by Crippen LogP contribution is -2.24. The molecule has 1 fully saturated rings. The third-order valence-corrected chi connectivity index (χ3v) is 2.08. The van der Waals surface area contributed by atoms with E-state index in [4.69, 9.17) is 5.11 Å². The number of thioether (sulfide) groups is 1. The summed E-state index contributed by atoms with van der Waals surface area (Å²) in [6.45, 7) is 0.393. The number of carbonyl (C=O) groups is 1. The van der Waals surface area contributed by atoms with Gasteiger partial charge in [0.2, 0.25) is 0 Å². The van der Waals surface area contributed by atoms with Gasteiger partial charge in [0.25, 0.3) is 0 Å². The predicted octanol–water partition coefficient (Wildman–Crippen LogP) is 0.386. The van der Waals surface area contributed by atoms with Crippen molar-refractivity contribution in [3.63, 3.8) is 0 Å². The van der Waals surface area contributed by atoms with Crippen LogP contribution in [0.1, 0.15) is 0 Å². The van der Waals surface area contributed by atoms with Gasteiger partial charge in [-0.2, -0.15) is 0 Å². The first kappa shape index (κ1) is 7.18. The van der Waals surface area contributed by atoms with Crippen LogP contribution >= 0.6 is 11.8 Å². The SMILES string of the molecule is O=C=C1SCCN1C(=O)O. The van der Waals surface area contributed by atoms with E-state index in [9.17, 15) is 9.59 Å². The predicted molar refractivity (Wildman–Crippen MR) is 36.4 cm³/mol. The Labute approximate surface area is 61.5 Å². The number of nitrogens with zero attached hydrogens (tertiary/aromatic N) is 1. The minimum Gasteiger partial charge on any atom is -0.465 e. The van der Waals surface area contributed by atoms with E-state index < -0.39 is 6.09 Å². The van der Waals surface area contributed by atoms with E-state index in [0.717, 1.165) is 4.90 Å². The molecule has 1 aliphatic rings. The van der Waals surface area contributed by atoms with Gasteiger partial charge < -0.3 is 5.11 Å². The highest BCUT2D eigenvalue weighted by molar-refractivity contribution is 8.03. The zero-order valence-electron chi connectivity index (χ0n) is 5.03. The Balaban J connectivity index is 2.78. The van der Waals surface area contributed by atoms with Crippen molar-refractivity contribution in [1.29, 1.82) is 0 Å². The topological polar surface area (TPSA) is 57.6 Å². The summed E-state index contributed by atoms with van der Waals surface area (Å²) in [5.74, 6) is 2.22. The van der Waals surface area contributed by atoms with Crippen LogP contribution in [-0.4, -0.2) is 34.3 Å². The first-order chi connectivity index (χ1) is 4.75. The van der Waals surface area contributed by atoms with Crippen molar-refractivity contribution in [2.24, 2.45) is 0 Å². The van der Waals surface area contributed by atoms with Crippen LogP contribution in [0.15, 0.2) is 5.03 Å². The maximum absolute atomic E-state index is 10.3. The third-order valence-electron chi connectivity index (χ3n) is 1.12. The average Bonchev–Trinajstić information content (AvgIpc) is 2.33. The maximum Gasteiger partial charge on any atom is 0.412 e. The fourth-order valence-electron chi connectivity index (χ4n) is 0.680. The van der Waals surface area contributed by atoms with Gasteiger partial charge in [0, 0.05) is 12.3 Å². The Morgan fingerprint density at radius 2 is 2.50 bits per heavy atom. The molecule has 0 atom stereocenters. The molecule has 0 aromatic carbocycles. The van der Waals surface area contributed by atoms with Crippen LogP contribution in [0.2, 0.25) is 0 Å². The second-order valence-corrected chi connectivity index (χ2v) is 2.77. The molecule has 0 radical (unpaired) electrons. The lowest BCUT2D eigenvalue weighted by molar-refractivity contribution is 0.165. The van der Waals surface area contributed by atoms with Gasteiger partial charge >= 0.3 is 6.09 Å². The highest BCUT2D eigenvalue weighted by Crippen LogP contribution is 2.24. The van der Waals surface area contributed by atoms with E-state index in [1.807, 2.05) is 0 Å². The standard InChI is InChI=1S/C5H5NO3S/c7-3-4-6(5(8)9)1-2-10-4/h1-2H2,(H,8,9). The fraction of sp³-hybridized carbons (Fsp3) is 0.400. The maximum atomic E-state index is 10.3. The zero-order valence-corrected chi connectivity index (χ0v) is 5.85. The van der Waals surface area contributed by atoms with Crippen LogP contribution in [0.3, 0.4) is 0 Å². The summed E-state index contributed by atoms with van der Waals surface area (Å²) in [7, 11) is 0. The molecule has 4 nitrogen and oxygen atoms in total. The fourth-order valence-corrected chi connectivity index (χ4v) is 1.53. The van der Waals surface area contributed by atoms with Crippen LogP contribution in [0.4, 0.5) is 4.79 Å². The summed E-state index contributed by atoms with van der Waals surface area (Å²) in [6, 6.07) is 0. The summed E-state index contributed by atoms with van der Waals surface area (Å²) < 4.78 is 0. The molecular formula is C5H5NO3S. The Bertz CT molecular complexity index is 209. The highest BCUT2D eigenvalue weighted by Gasteiger charge is 2.24. The van der Waals surface area contributed by atoms with Gasteiger partial charge in [0.05, 0.1) is 0 Å². The Morgan fingerprint density at radius 3 is 2.90 bits per heavy atom. The highest BCUT2D eigenvalue weighted by atomic mass is 32.2. The molecule has 0 spiro atoms. The quantitative estimate of drug-likeness (QED) is 0.519. The molecule has 1 rings (SSSR count). The van der Waals surface area contributed by atoms with E-state index >= 15 is 0 Å². The summed E-state index contributed by atoms with van der Waals surface area (Å²) in [5, 5.41) is 8.60. The number of rotatable bonds is 0. The first-order valence-corrected chi connectivity index (χ1v) is 3.62. The molecule has 10 heavy (non-hydrogen) atoms. The normalized spacial score (nSPS) is 17.2. The van der Waals surface area contributed by atoms with E-state index in [2.05, 4.69) is 0 Å². The van der Waals surface area contributed by atoms with Crippen molar-refractivity contribution < 1.29 is 14.7 Å². The lowest BCUT2D eigenvalue weighted by atomic mass is 10.6. The molecule has 0 unspecified atom stereocenters. The molecule has 1 saturated heterocycles. The van der Waals surface area contributed by atoms with Crippen molar-refractivity contribution in [2.45, 2.75) is 0 Å². The summed E-state index contributed by atoms with van der Waals surface area (Å²) in [6.07, 6.45) is -1.08. The van der Waals surface area contributed by atoms with Gasteiger partial charge in [-0.05, 0) is 0 Å². The minimum atomic E-state index is -1.08. The molecule has 0 saturated carbocycles. The van der Waals surface area contributed by atoms with E-state index in [1.165, 1.54) is 11.8 Å². The van der Waals surface area contributed by atoms with Crippen molar-refractivity contribution >= 4 is 23.8 Å². The first-order valence-electron chi connectivity index (χ1n) is 2.64. The minimum absolute atomic E-state index is 0.174. The molecule has 0 aromatic rings. The second-order valence-electron chi connectivity index (χ2n) is 1.69. The van der Waals surface area contributed by atoms with Crippen molar-refractivity contribution in [2.75, 3.05) is 12.3 Å². The molecule has 0 bridgehead atoms. The monoisotopic (exact) mass is 159 g/mol. The number of carbonyl (C=O) groups excluding carboxylic acids is 1. The molecule has 1 amide bonds. The molecule has 1 N–H and O–H groups in total. The molecule has 0 aromatic heterocycles. The van der Waals surface area contributed by atoms with Gasteiger partial charge in [0.15, 0.2) is 11.0 Å². The average molecular weight is 159 g/mol. The van der Waals surface area contributed by atoms with Crippen LogP contribution in [0.25, 0.3) is 0 Å². The van der Waals surface area contributed by atoms with Gasteiger partial charge in [-0.3, -0.25) is 4.90 Å². The van der Waals surface area contributed by atoms with Crippen LogP contribution < -0.4 is 0 Å². The number of amides is 1. The van der Waals surface area contributed by atoms with E-state index in [0.29, 0.717) is 12.3 Å². The summed E-state index contributed by atoms with van der Waals surface area (Å²) in [5.41, 5.74) is 0. The van der Waals surface area contributed by atoms with E-state index in [1.54, 1.807) is 5.94 Å². The molecule has 1 heterocycles. The van der Waals surface area contributed by atoms with Crippen LogP contribution in [0.5, 0.6) is 0 Å². The van der Waals surface area contributed by atoms with Crippen LogP contribution in [0, 0.1) is 0 Å². The second kappa shape index (κ2) is 2.77. The molecule has 0 aliphatic carbocycles. The number of hydrogen-bond acceptors (Lipinski definition) is 3. The Morgan fingerprint density at radius 1 is 1.80 bits per heavy atom. The summed E-state index contributed by atoms with van der Waals surface area (Å²) in [4.78, 5) is 21.3. The van der Waals surface area contributed by atoms with Gasteiger partial charge in [-0.15, -0.1) is 0 Å². The van der Waals surface area contributed by atoms with Gasteiger partial charge in [-0.1, -0.05) is 11.8 Å². The third kappa shape index (κ3) is 1.15.